The van der Waals surface area contributed by atoms with E-state index in [0.717, 1.165) is 45.6 Å². The third-order valence-corrected chi connectivity index (χ3v) is 4.73. The summed E-state index contributed by atoms with van der Waals surface area (Å²) in [7, 11) is 0. The highest BCUT2D eigenvalue weighted by Gasteiger charge is 2.29. The van der Waals surface area contributed by atoms with Gasteiger partial charge in [-0.15, -0.1) is 0 Å². The summed E-state index contributed by atoms with van der Waals surface area (Å²) in [6.45, 7) is 7.01. The molecular formula is C19H27N3O. The lowest BCUT2D eigenvalue weighted by Gasteiger charge is -2.37. The van der Waals surface area contributed by atoms with Gasteiger partial charge in [0.25, 0.3) is 0 Å². The second-order valence-corrected chi connectivity index (χ2v) is 6.61. The van der Waals surface area contributed by atoms with Gasteiger partial charge in [0.1, 0.15) is 0 Å². The molecule has 4 nitrogen and oxygen atoms in total. The van der Waals surface area contributed by atoms with Crippen LogP contribution in [0.25, 0.3) is 6.08 Å². The van der Waals surface area contributed by atoms with Crippen molar-refractivity contribution in [3.8, 4) is 0 Å². The predicted molar refractivity (Wildman–Crippen MR) is 94.1 cm³/mol. The van der Waals surface area contributed by atoms with Gasteiger partial charge in [-0.1, -0.05) is 42.5 Å². The Morgan fingerprint density at radius 1 is 1.22 bits per heavy atom. The van der Waals surface area contributed by atoms with Crippen LogP contribution in [0.5, 0.6) is 0 Å². The second-order valence-electron chi connectivity index (χ2n) is 6.61. The molecule has 0 unspecified atom stereocenters. The molecule has 1 heterocycles. The van der Waals surface area contributed by atoms with E-state index < -0.39 is 0 Å². The monoisotopic (exact) mass is 313 g/mol. The van der Waals surface area contributed by atoms with Crippen LogP contribution in [0, 0.1) is 0 Å². The second kappa shape index (κ2) is 7.75. The summed E-state index contributed by atoms with van der Waals surface area (Å²) in [6.07, 6.45) is 6.71. The van der Waals surface area contributed by atoms with E-state index in [-0.39, 0.29) is 11.9 Å². The van der Waals surface area contributed by atoms with E-state index in [4.69, 9.17) is 0 Å². The highest BCUT2D eigenvalue weighted by Crippen LogP contribution is 2.19. The lowest BCUT2D eigenvalue weighted by molar-refractivity contribution is -0.126. The van der Waals surface area contributed by atoms with Crippen molar-refractivity contribution in [3.63, 3.8) is 0 Å². The molecule has 3 rings (SSSR count). The average Bonchev–Trinajstić information content (AvgIpc) is 3.40. The van der Waals surface area contributed by atoms with Gasteiger partial charge in [0, 0.05) is 38.8 Å². The summed E-state index contributed by atoms with van der Waals surface area (Å²) in [5.74, 6) is 0.199. The van der Waals surface area contributed by atoms with Crippen molar-refractivity contribution in [3.05, 3.63) is 42.0 Å². The highest BCUT2D eigenvalue weighted by molar-refractivity contribution is 5.81. The lowest BCUT2D eigenvalue weighted by Crippen LogP contribution is -2.54. The Kier molecular flexibility index (Phi) is 5.47. The molecule has 1 saturated carbocycles. The largest absolute Gasteiger partial charge is 0.352 e. The van der Waals surface area contributed by atoms with Crippen LogP contribution in [-0.4, -0.2) is 60.5 Å². The Morgan fingerprint density at radius 3 is 2.57 bits per heavy atom. The number of rotatable bonds is 6. The summed E-state index contributed by atoms with van der Waals surface area (Å²) < 4.78 is 0. The van der Waals surface area contributed by atoms with Gasteiger partial charge in [-0.25, -0.2) is 0 Å². The van der Waals surface area contributed by atoms with E-state index in [1.807, 2.05) is 13.0 Å². The number of nitrogens with zero attached hydrogens (tertiary/aromatic N) is 2. The zero-order valence-corrected chi connectivity index (χ0v) is 13.9. The van der Waals surface area contributed by atoms with E-state index >= 15 is 0 Å². The zero-order valence-electron chi connectivity index (χ0n) is 13.9. The number of benzene rings is 1. The minimum atomic E-state index is -0.00221. The first kappa shape index (κ1) is 16.2. The van der Waals surface area contributed by atoms with Crippen LogP contribution in [0.1, 0.15) is 25.3 Å². The molecule has 0 bridgehead atoms. The van der Waals surface area contributed by atoms with Crippen LogP contribution < -0.4 is 5.32 Å². The Labute approximate surface area is 139 Å². The molecule has 1 amide bonds. The molecular weight excluding hydrogens is 286 g/mol. The SMILES string of the molecule is C[C@H](C(=O)NC1CC1)N1CCN(C/C=C/c2ccccc2)CC1. The van der Waals surface area contributed by atoms with Crippen molar-refractivity contribution in [2.45, 2.75) is 31.8 Å². The normalized spacial score (nSPS) is 21.4. The van der Waals surface area contributed by atoms with Gasteiger partial charge in [-0.05, 0) is 25.3 Å². The van der Waals surface area contributed by atoms with E-state index in [1.54, 1.807) is 0 Å². The minimum absolute atomic E-state index is 0.00221. The quantitative estimate of drug-likeness (QED) is 0.872. The number of nitrogens with one attached hydrogen (secondary N) is 1. The molecule has 23 heavy (non-hydrogen) atoms. The Bertz CT molecular complexity index is 531. The van der Waals surface area contributed by atoms with Gasteiger partial charge in [-0.3, -0.25) is 14.6 Å². The van der Waals surface area contributed by atoms with Crippen molar-refractivity contribution in [1.82, 2.24) is 15.1 Å². The number of hydrogen-bond acceptors (Lipinski definition) is 3. The topological polar surface area (TPSA) is 35.6 Å². The minimum Gasteiger partial charge on any atom is -0.352 e. The lowest BCUT2D eigenvalue weighted by atomic mass is 10.2. The number of hydrogen-bond donors (Lipinski definition) is 1. The molecule has 2 aliphatic rings. The molecule has 1 atom stereocenters. The number of carbonyl (C=O) groups excluding carboxylic acids is 1. The van der Waals surface area contributed by atoms with Crippen molar-refractivity contribution in [1.29, 1.82) is 0 Å². The Morgan fingerprint density at radius 2 is 1.91 bits per heavy atom. The van der Waals surface area contributed by atoms with Crippen LogP contribution in [0.2, 0.25) is 0 Å². The molecule has 1 aliphatic carbocycles. The van der Waals surface area contributed by atoms with Gasteiger partial charge in [0.15, 0.2) is 0 Å². The highest BCUT2D eigenvalue weighted by atomic mass is 16.2. The van der Waals surface area contributed by atoms with Crippen molar-refractivity contribution < 1.29 is 4.79 Å². The third-order valence-electron chi connectivity index (χ3n) is 4.73. The third kappa shape index (κ3) is 4.91. The van der Waals surface area contributed by atoms with Crippen LogP contribution in [0.4, 0.5) is 0 Å². The standard InChI is InChI=1S/C19H27N3O/c1-16(19(23)20-18-9-10-18)22-14-12-21(13-15-22)11-5-8-17-6-3-2-4-7-17/h2-8,16,18H,9-15H2,1H3,(H,20,23)/b8-5+/t16-/m1/s1. The number of amides is 1. The van der Waals surface area contributed by atoms with Gasteiger partial charge in [-0.2, -0.15) is 0 Å². The number of piperazine rings is 1. The van der Waals surface area contributed by atoms with E-state index in [0.29, 0.717) is 6.04 Å². The smallest absolute Gasteiger partial charge is 0.237 e. The Hall–Kier alpha value is -1.65. The zero-order chi connectivity index (χ0) is 16.1. The summed E-state index contributed by atoms with van der Waals surface area (Å²) in [6, 6.07) is 10.9. The molecule has 1 aliphatic heterocycles. The number of carbonyl (C=O) groups is 1. The molecule has 1 aromatic carbocycles. The van der Waals surface area contributed by atoms with E-state index in [9.17, 15) is 4.79 Å². The molecule has 0 aromatic heterocycles. The van der Waals surface area contributed by atoms with E-state index in [2.05, 4.69) is 51.5 Å². The molecule has 1 aromatic rings. The van der Waals surface area contributed by atoms with Gasteiger partial charge in [0.2, 0.25) is 5.91 Å². The fraction of sp³-hybridized carbons (Fsp3) is 0.526. The molecule has 2 fully saturated rings. The molecule has 4 heteroatoms. The first-order valence-corrected chi connectivity index (χ1v) is 8.71. The fourth-order valence-corrected chi connectivity index (χ4v) is 2.95. The first-order chi connectivity index (χ1) is 11.2. The maximum absolute atomic E-state index is 12.1. The maximum atomic E-state index is 12.1. The Balaban J connectivity index is 1.39. The van der Waals surface area contributed by atoms with Gasteiger partial charge < -0.3 is 5.32 Å². The molecule has 1 saturated heterocycles. The van der Waals surface area contributed by atoms with Crippen LogP contribution in [-0.2, 0) is 4.79 Å². The molecule has 0 spiro atoms. The fourth-order valence-electron chi connectivity index (χ4n) is 2.95. The predicted octanol–water partition coefficient (Wildman–Crippen LogP) is 1.98. The maximum Gasteiger partial charge on any atom is 0.237 e. The van der Waals surface area contributed by atoms with Gasteiger partial charge >= 0.3 is 0 Å². The van der Waals surface area contributed by atoms with Crippen molar-refractivity contribution in [2.24, 2.45) is 0 Å². The molecule has 0 radical (unpaired) electrons. The summed E-state index contributed by atoms with van der Waals surface area (Å²) >= 11 is 0. The summed E-state index contributed by atoms with van der Waals surface area (Å²) in [5, 5.41) is 3.11. The molecule has 1 N–H and O–H groups in total. The van der Waals surface area contributed by atoms with Crippen LogP contribution in [0.3, 0.4) is 0 Å². The summed E-state index contributed by atoms with van der Waals surface area (Å²) in [4.78, 5) is 16.9. The van der Waals surface area contributed by atoms with Crippen molar-refractivity contribution >= 4 is 12.0 Å². The molecule has 124 valence electrons. The van der Waals surface area contributed by atoms with E-state index in [1.165, 1.54) is 5.56 Å². The van der Waals surface area contributed by atoms with Crippen molar-refractivity contribution in [2.75, 3.05) is 32.7 Å². The van der Waals surface area contributed by atoms with Crippen LogP contribution >= 0.6 is 0 Å². The van der Waals surface area contributed by atoms with Gasteiger partial charge in [0.05, 0.1) is 6.04 Å². The average molecular weight is 313 g/mol. The van der Waals surface area contributed by atoms with Crippen LogP contribution in [0.15, 0.2) is 36.4 Å². The first-order valence-electron chi connectivity index (χ1n) is 8.71. The summed E-state index contributed by atoms with van der Waals surface area (Å²) in [5.41, 5.74) is 1.25.